The molecule has 2 heterocycles. The molecular formula is C25H26FN5O2S. The third-order valence-corrected chi connectivity index (χ3v) is 6.22. The predicted molar refractivity (Wildman–Crippen MR) is 129 cm³/mol. The SMILES string of the molecule is Cc1onc(-c2ccccc2)c1C(=O)NCc1nnc(SCc2ccccc2F)n1CC(C)C. The molecule has 0 atom stereocenters. The van der Waals surface area contributed by atoms with E-state index < -0.39 is 0 Å². The maximum atomic E-state index is 14.0. The van der Waals surface area contributed by atoms with E-state index in [1.807, 2.05) is 41.0 Å². The molecule has 4 rings (SSSR count). The van der Waals surface area contributed by atoms with Gasteiger partial charge in [0.05, 0.1) is 6.54 Å². The number of hydrogen-bond donors (Lipinski definition) is 1. The van der Waals surface area contributed by atoms with Crippen molar-refractivity contribution in [1.29, 1.82) is 0 Å². The van der Waals surface area contributed by atoms with Crippen LogP contribution in [0.5, 0.6) is 0 Å². The molecule has 0 aliphatic rings. The number of aryl methyl sites for hydroxylation is 1. The Morgan fingerprint density at radius 3 is 2.59 bits per heavy atom. The molecule has 0 fully saturated rings. The van der Waals surface area contributed by atoms with Crippen LogP contribution in [0.3, 0.4) is 0 Å². The van der Waals surface area contributed by atoms with Crippen molar-refractivity contribution in [2.45, 2.75) is 44.8 Å². The smallest absolute Gasteiger partial charge is 0.257 e. The van der Waals surface area contributed by atoms with Gasteiger partial charge in [0.2, 0.25) is 0 Å². The molecule has 4 aromatic rings. The van der Waals surface area contributed by atoms with Crippen LogP contribution >= 0.6 is 11.8 Å². The number of halogens is 1. The Bertz CT molecular complexity index is 1270. The Morgan fingerprint density at radius 1 is 1.12 bits per heavy atom. The summed E-state index contributed by atoms with van der Waals surface area (Å²) in [5.41, 5.74) is 2.31. The fourth-order valence-corrected chi connectivity index (χ4v) is 4.50. The van der Waals surface area contributed by atoms with Crippen LogP contribution < -0.4 is 5.32 Å². The first-order valence-electron chi connectivity index (χ1n) is 11.0. The van der Waals surface area contributed by atoms with E-state index in [9.17, 15) is 9.18 Å². The highest BCUT2D eigenvalue weighted by atomic mass is 32.2. The van der Waals surface area contributed by atoms with E-state index in [0.717, 1.165) is 5.56 Å². The fourth-order valence-electron chi connectivity index (χ4n) is 3.54. The number of benzene rings is 2. The van der Waals surface area contributed by atoms with Crippen molar-refractivity contribution in [2.24, 2.45) is 5.92 Å². The van der Waals surface area contributed by atoms with Gasteiger partial charge < -0.3 is 14.4 Å². The van der Waals surface area contributed by atoms with Crippen molar-refractivity contribution >= 4 is 17.7 Å². The molecular weight excluding hydrogens is 453 g/mol. The summed E-state index contributed by atoms with van der Waals surface area (Å²) in [4.78, 5) is 13.1. The number of nitrogens with one attached hydrogen (secondary N) is 1. The lowest BCUT2D eigenvalue weighted by Gasteiger charge is -2.13. The summed E-state index contributed by atoms with van der Waals surface area (Å²) in [5.74, 6) is 1.32. The van der Waals surface area contributed by atoms with E-state index >= 15 is 0 Å². The Labute approximate surface area is 201 Å². The van der Waals surface area contributed by atoms with Gasteiger partial charge in [-0.15, -0.1) is 10.2 Å². The highest BCUT2D eigenvalue weighted by molar-refractivity contribution is 7.98. The molecule has 0 aliphatic heterocycles. The number of amides is 1. The van der Waals surface area contributed by atoms with Gasteiger partial charge in [-0.25, -0.2) is 4.39 Å². The van der Waals surface area contributed by atoms with Crippen LogP contribution in [-0.4, -0.2) is 25.8 Å². The Kier molecular flexibility index (Phi) is 7.42. The summed E-state index contributed by atoms with van der Waals surface area (Å²) >= 11 is 1.42. The van der Waals surface area contributed by atoms with Gasteiger partial charge in [0, 0.05) is 17.9 Å². The third kappa shape index (κ3) is 5.36. The zero-order chi connectivity index (χ0) is 24.1. The molecule has 0 saturated carbocycles. The molecule has 2 aromatic carbocycles. The van der Waals surface area contributed by atoms with Gasteiger partial charge >= 0.3 is 0 Å². The van der Waals surface area contributed by atoms with Crippen molar-refractivity contribution < 1.29 is 13.7 Å². The highest BCUT2D eigenvalue weighted by Gasteiger charge is 2.22. The van der Waals surface area contributed by atoms with Crippen LogP contribution in [0.2, 0.25) is 0 Å². The molecule has 1 amide bonds. The molecule has 176 valence electrons. The van der Waals surface area contributed by atoms with Crippen LogP contribution in [0.4, 0.5) is 4.39 Å². The second-order valence-electron chi connectivity index (χ2n) is 8.29. The van der Waals surface area contributed by atoms with Crippen LogP contribution in [0.25, 0.3) is 11.3 Å². The molecule has 0 aliphatic carbocycles. The average molecular weight is 480 g/mol. The minimum absolute atomic E-state index is 0.192. The molecule has 0 bridgehead atoms. The molecule has 0 radical (unpaired) electrons. The van der Waals surface area contributed by atoms with E-state index in [-0.39, 0.29) is 18.3 Å². The number of aromatic nitrogens is 4. The summed E-state index contributed by atoms with van der Waals surface area (Å²) in [6.45, 7) is 6.78. The summed E-state index contributed by atoms with van der Waals surface area (Å²) in [7, 11) is 0. The highest BCUT2D eigenvalue weighted by Crippen LogP contribution is 2.26. The minimum atomic E-state index is -0.294. The summed E-state index contributed by atoms with van der Waals surface area (Å²) in [6, 6.07) is 16.1. The van der Waals surface area contributed by atoms with E-state index in [4.69, 9.17) is 4.52 Å². The average Bonchev–Trinajstić information content (AvgIpc) is 3.40. The second-order valence-corrected chi connectivity index (χ2v) is 9.24. The number of carbonyl (C=O) groups is 1. The lowest BCUT2D eigenvalue weighted by atomic mass is 10.1. The zero-order valence-electron chi connectivity index (χ0n) is 19.3. The third-order valence-electron chi connectivity index (χ3n) is 5.20. The van der Waals surface area contributed by atoms with Crippen LogP contribution in [0.1, 0.15) is 41.4 Å². The molecule has 1 N–H and O–H groups in total. The van der Waals surface area contributed by atoms with Crippen LogP contribution in [0, 0.1) is 18.7 Å². The van der Waals surface area contributed by atoms with Gasteiger partial charge in [-0.2, -0.15) is 0 Å². The zero-order valence-corrected chi connectivity index (χ0v) is 20.1. The van der Waals surface area contributed by atoms with E-state index in [1.54, 1.807) is 19.1 Å². The Hall–Kier alpha value is -3.46. The minimum Gasteiger partial charge on any atom is -0.360 e. The molecule has 7 nitrogen and oxygen atoms in total. The monoisotopic (exact) mass is 479 g/mol. The van der Waals surface area contributed by atoms with Gasteiger partial charge in [0.25, 0.3) is 5.91 Å². The number of thioether (sulfide) groups is 1. The summed E-state index contributed by atoms with van der Waals surface area (Å²) in [5, 5.41) is 16.3. The van der Waals surface area contributed by atoms with Crippen molar-refractivity contribution in [3.05, 3.63) is 83.1 Å². The molecule has 0 unspecified atom stereocenters. The Morgan fingerprint density at radius 2 is 1.85 bits per heavy atom. The lowest BCUT2D eigenvalue weighted by Crippen LogP contribution is -2.26. The molecule has 0 spiro atoms. The summed E-state index contributed by atoms with van der Waals surface area (Å²) in [6.07, 6.45) is 0. The normalized spacial score (nSPS) is 11.2. The molecule has 0 saturated heterocycles. The Balaban J connectivity index is 1.50. The summed E-state index contributed by atoms with van der Waals surface area (Å²) < 4.78 is 21.3. The van der Waals surface area contributed by atoms with Crippen LogP contribution in [0.15, 0.2) is 64.3 Å². The van der Waals surface area contributed by atoms with Gasteiger partial charge in [0.15, 0.2) is 11.0 Å². The molecule has 2 aromatic heterocycles. The quantitative estimate of drug-likeness (QED) is 0.330. The maximum absolute atomic E-state index is 14.0. The first-order valence-corrected chi connectivity index (χ1v) is 12.0. The van der Waals surface area contributed by atoms with Crippen molar-refractivity contribution in [3.63, 3.8) is 0 Å². The van der Waals surface area contributed by atoms with E-state index in [2.05, 4.69) is 34.5 Å². The van der Waals surface area contributed by atoms with E-state index in [1.165, 1.54) is 17.8 Å². The first kappa shape index (κ1) is 23.7. The molecule has 34 heavy (non-hydrogen) atoms. The fraction of sp³-hybridized carbons (Fsp3) is 0.280. The topological polar surface area (TPSA) is 85.8 Å². The van der Waals surface area contributed by atoms with Gasteiger partial charge in [0.1, 0.15) is 22.8 Å². The number of rotatable bonds is 9. The predicted octanol–water partition coefficient (Wildman–Crippen LogP) is 5.26. The van der Waals surface area contributed by atoms with E-state index in [0.29, 0.717) is 51.8 Å². The van der Waals surface area contributed by atoms with Crippen LogP contribution in [-0.2, 0) is 18.8 Å². The van der Waals surface area contributed by atoms with Crippen molar-refractivity contribution in [1.82, 2.24) is 25.2 Å². The largest absolute Gasteiger partial charge is 0.360 e. The van der Waals surface area contributed by atoms with Gasteiger partial charge in [-0.1, -0.05) is 79.3 Å². The number of carbonyl (C=O) groups excluding carboxylic acids is 1. The lowest BCUT2D eigenvalue weighted by molar-refractivity contribution is 0.0948. The maximum Gasteiger partial charge on any atom is 0.257 e. The number of nitrogens with zero attached hydrogens (tertiary/aromatic N) is 4. The van der Waals surface area contributed by atoms with Crippen molar-refractivity contribution in [3.8, 4) is 11.3 Å². The van der Waals surface area contributed by atoms with Gasteiger partial charge in [-0.3, -0.25) is 4.79 Å². The second kappa shape index (κ2) is 10.6. The molecule has 9 heteroatoms. The van der Waals surface area contributed by atoms with Gasteiger partial charge in [-0.05, 0) is 24.5 Å². The first-order chi connectivity index (χ1) is 16.4. The van der Waals surface area contributed by atoms with Crippen molar-refractivity contribution in [2.75, 3.05) is 0 Å². The standard InChI is InChI=1S/C25H26FN5O2S/c1-16(2)14-31-21(28-29-25(31)34-15-19-11-7-8-12-20(19)26)13-27-24(32)22-17(3)33-30-23(22)18-9-5-4-6-10-18/h4-12,16H,13-15H2,1-3H3,(H,27,32). The number of hydrogen-bond acceptors (Lipinski definition) is 6.